The summed E-state index contributed by atoms with van der Waals surface area (Å²) >= 11 is 0.307. The lowest BCUT2D eigenvalue weighted by molar-refractivity contribution is -0.192. The van der Waals surface area contributed by atoms with Gasteiger partial charge < -0.3 is 10.4 Å². The summed E-state index contributed by atoms with van der Waals surface area (Å²) in [4.78, 5) is 34.5. The second-order valence-electron chi connectivity index (χ2n) is 7.29. The molecule has 1 fully saturated rings. The van der Waals surface area contributed by atoms with Gasteiger partial charge in [-0.1, -0.05) is 30.8 Å². The third kappa shape index (κ3) is 9.75. The number of allylic oxidation sites excluding steroid dienone is 1. The fraction of sp³-hybridized carbons (Fsp3) is 0.632. The van der Waals surface area contributed by atoms with Crippen LogP contribution >= 0.6 is 11.3 Å². The first-order chi connectivity index (χ1) is 15.7. The molecular weight excluding hydrogens is 494 g/mol. The quantitative estimate of drug-likeness (QED) is 0.417. The van der Waals surface area contributed by atoms with Crippen molar-refractivity contribution in [1.82, 2.24) is 15.5 Å². The summed E-state index contributed by atoms with van der Waals surface area (Å²) in [7, 11) is 1.34. The Kier molecular flexibility index (Phi) is 11.1. The van der Waals surface area contributed by atoms with E-state index in [1.54, 1.807) is 6.08 Å². The summed E-state index contributed by atoms with van der Waals surface area (Å²) in [6.45, 7) is 2.76. The molecule has 2 atom stereocenters. The fourth-order valence-corrected chi connectivity index (χ4v) is 3.44. The normalized spacial score (nSPS) is 17.6. The lowest BCUT2D eigenvalue weighted by Crippen LogP contribution is -2.40. The van der Waals surface area contributed by atoms with E-state index in [4.69, 9.17) is 9.90 Å². The van der Waals surface area contributed by atoms with Gasteiger partial charge in [-0.2, -0.15) is 26.3 Å². The second-order valence-corrected chi connectivity index (χ2v) is 8.24. The van der Waals surface area contributed by atoms with Crippen molar-refractivity contribution in [3.05, 3.63) is 17.2 Å². The van der Waals surface area contributed by atoms with E-state index < -0.39 is 29.2 Å². The number of nitrogens with one attached hydrogen (secondary N) is 1. The Labute approximate surface area is 195 Å². The van der Waals surface area contributed by atoms with E-state index in [0.717, 1.165) is 30.7 Å². The first-order valence-corrected chi connectivity index (χ1v) is 10.9. The van der Waals surface area contributed by atoms with E-state index in [9.17, 15) is 35.9 Å². The molecule has 34 heavy (non-hydrogen) atoms. The lowest BCUT2D eigenvalue weighted by Gasteiger charge is -2.23. The van der Waals surface area contributed by atoms with Gasteiger partial charge in [0, 0.05) is 13.5 Å². The number of Topliss-reactive ketones (excluding diaryl/α,β-unsaturated/α-hetero) is 1. The minimum absolute atomic E-state index is 0.0984. The average molecular weight is 518 g/mol. The van der Waals surface area contributed by atoms with E-state index in [-0.39, 0.29) is 22.9 Å². The van der Waals surface area contributed by atoms with Crippen LogP contribution in [0, 0.1) is 5.92 Å². The van der Waals surface area contributed by atoms with Crippen LogP contribution < -0.4 is 10.2 Å². The van der Waals surface area contributed by atoms with Crippen LogP contribution in [0.15, 0.2) is 12.2 Å². The molecule has 0 unspecified atom stereocenters. The number of ketones is 1. The number of amides is 1. The molecule has 2 rings (SSSR count). The minimum atomic E-state index is -5.08. The molecule has 1 aromatic rings. The van der Waals surface area contributed by atoms with Crippen LogP contribution in [-0.4, -0.2) is 58.8 Å². The van der Waals surface area contributed by atoms with Crippen LogP contribution in [-0.2, 0) is 20.6 Å². The molecule has 0 aliphatic carbocycles. The Balaban J connectivity index is 0.000000718. The molecule has 0 spiro atoms. The number of hydrogen-bond donors (Lipinski definition) is 2. The standard InChI is InChI=1S/C17H23F3N4O2S.C2HF3O2/c1-3-11(10-13(25)12-6-4-5-9-21-12)7-8-14(26)24(2)16-23-22-15(27-16)17(18,19)20;3-2(4,5)1(6)7/h7-8,11-12,21H,3-6,9-10H2,1-2H3;(H,6,7)/b8-7+;/t11-,12-;/m0./s1. The van der Waals surface area contributed by atoms with E-state index in [1.165, 1.54) is 13.1 Å². The maximum absolute atomic E-state index is 12.6. The highest BCUT2D eigenvalue weighted by Crippen LogP contribution is 2.34. The predicted molar refractivity (Wildman–Crippen MR) is 110 cm³/mol. The summed E-state index contributed by atoms with van der Waals surface area (Å²) in [5.41, 5.74) is 0. The fourth-order valence-electron chi connectivity index (χ4n) is 2.77. The van der Waals surface area contributed by atoms with E-state index in [2.05, 4.69) is 15.5 Å². The van der Waals surface area contributed by atoms with E-state index in [0.29, 0.717) is 24.2 Å². The molecule has 192 valence electrons. The van der Waals surface area contributed by atoms with Crippen LogP contribution in [0.2, 0.25) is 0 Å². The molecule has 1 aliphatic rings. The molecule has 0 bridgehead atoms. The number of piperidine rings is 1. The number of halogens is 6. The zero-order valence-electron chi connectivity index (χ0n) is 18.2. The summed E-state index contributed by atoms with van der Waals surface area (Å²) in [5, 5.41) is 15.6. The maximum atomic E-state index is 12.6. The summed E-state index contributed by atoms with van der Waals surface area (Å²) in [6.07, 6.45) is -2.79. The molecule has 2 N–H and O–H groups in total. The van der Waals surface area contributed by atoms with Crippen LogP contribution in [0.5, 0.6) is 0 Å². The van der Waals surface area contributed by atoms with Crippen LogP contribution in [0.4, 0.5) is 31.5 Å². The van der Waals surface area contributed by atoms with Gasteiger partial charge in [-0.15, -0.1) is 10.2 Å². The number of nitrogens with zero attached hydrogens (tertiary/aromatic N) is 3. The van der Waals surface area contributed by atoms with Crippen LogP contribution in [0.25, 0.3) is 0 Å². The molecule has 1 aromatic heterocycles. The molecule has 1 aliphatic heterocycles. The average Bonchev–Trinajstić information content (AvgIpc) is 3.27. The SMILES string of the molecule is CC[C@@H](/C=C/C(=O)N(C)c1nnc(C(F)(F)F)s1)CC(=O)[C@@H]1CCCCN1.O=C(O)C(F)(F)F. The van der Waals surface area contributed by atoms with Gasteiger partial charge in [0.15, 0.2) is 0 Å². The molecule has 0 aromatic carbocycles. The van der Waals surface area contributed by atoms with Crippen molar-refractivity contribution in [2.24, 2.45) is 5.92 Å². The number of hydrogen-bond acceptors (Lipinski definition) is 7. The number of carboxylic acids is 1. The molecular formula is C19H24F6N4O4S. The maximum Gasteiger partial charge on any atom is 0.490 e. The molecule has 1 amide bonds. The largest absolute Gasteiger partial charge is 0.490 e. The zero-order chi connectivity index (χ0) is 26.1. The highest BCUT2D eigenvalue weighted by Gasteiger charge is 2.38. The number of anilines is 1. The smallest absolute Gasteiger partial charge is 0.475 e. The van der Waals surface area contributed by atoms with E-state index >= 15 is 0 Å². The Bertz CT molecular complexity index is 866. The molecule has 0 saturated carbocycles. The van der Waals surface area contributed by atoms with Gasteiger partial charge in [-0.25, -0.2) is 4.79 Å². The number of aromatic nitrogens is 2. The van der Waals surface area contributed by atoms with Crippen molar-refractivity contribution >= 4 is 34.1 Å². The van der Waals surface area contributed by atoms with Gasteiger partial charge in [0.05, 0.1) is 6.04 Å². The highest BCUT2D eigenvalue weighted by atomic mass is 32.1. The number of aliphatic carboxylic acids is 1. The van der Waals surface area contributed by atoms with Gasteiger partial charge in [-0.3, -0.25) is 14.5 Å². The van der Waals surface area contributed by atoms with Crippen molar-refractivity contribution in [2.45, 2.75) is 57.4 Å². The Morgan fingerprint density at radius 3 is 2.26 bits per heavy atom. The van der Waals surface area contributed by atoms with Crippen molar-refractivity contribution in [2.75, 3.05) is 18.5 Å². The summed E-state index contributed by atoms with van der Waals surface area (Å²) in [6, 6.07) is -0.123. The molecule has 2 heterocycles. The second kappa shape index (κ2) is 12.8. The van der Waals surface area contributed by atoms with Crippen molar-refractivity contribution in [1.29, 1.82) is 0 Å². The summed E-state index contributed by atoms with van der Waals surface area (Å²) in [5.74, 6) is -3.24. The number of alkyl halides is 6. The van der Waals surface area contributed by atoms with Crippen LogP contribution in [0.1, 0.15) is 44.0 Å². The Morgan fingerprint density at radius 1 is 1.21 bits per heavy atom. The van der Waals surface area contributed by atoms with Crippen molar-refractivity contribution in [3.8, 4) is 0 Å². The van der Waals surface area contributed by atoms with Gasteiger partial charge in [-0.05, 0) is 37.8 Å². The molecule has 1 saturated heterocycles. The Hall–Kier alpha value is -2.55. The third-order valence-corrected chi connectivity index (χ3v) is 5.76. The number of carbonyl (C=O) groups is 3. The topological polar surface area (TPSA) is 112 Å². The third-order valence-electron chi connectivity index (χ3n) is 4.71. The number of rotatable bonds is 7. The number of carboxylic acid groups (broad SMARTS) is 1. The number of likely N-dealkylation sites (N-methyl/N-ethyl adjacent to an activating group) is 1. The van der Waals surface area contributed by atoms with Crippen LogP contribution in [0.3, 0.4) is 0 Å². The van der Waals surface area contributed by atoms with Gasteiger partial charge in [0.25, 0.3) is 5.91 Å². The summed E-state index contributed by atoms with van der Waals surface area (Å²) < 4.78 is 69.5. The Morgan fingerprint density at radius 2 is 1.82 bits per heavy atom. The number of carbonyl (C=O) groups excluding carboxylic acids is 2. The van der Waals surface area contributed by atoms with E-state index in [1.807, 2.05) is 6.92 Å². The van der Waals surface area contributed by atoms with Gasteiger partial charge in [0.1, 0.15) is 5.78 Å². The molecule has 15 heteroatoms. The molecule has 8 nitrogen and oxygen atoms in total. The lowest BCUT2D eigenvalue weighted by atomic mass is 9.92. The first-order valence-electron chi connectivity index (χ1n) is 10.1. The van der Waals surface area contributed by atoms with Crippen molar-refractivity contribution < 1.29 is 45.8 Å². The monoisotopic (exact) mass is 518 g/mol. The van der Waals surface area contributed by atoms with Gasteiger partial charge in [0.2, 0.25) is 10.1 Å². The van der Waals surface area contributed by atoms with Gasteiger partial charge >= 0.3 is 18.3 Å². The highest BCUT2D eigenvalue weighted by molar-refractivity contribution is 7.15. The zero-order valence-corrected chi connectivity index (χ0v) is 19.1. The predicted octanol–water partition coefficient (Wildman–Crippen LogP) is 3.84. The van der Waals surface area contributed by atoms with Crippen molar-refractivity contribution in [3.63, 3.8) is 0 Å². The molecule has 0 radical (unpaired) electrons. The first kappa shape index (κ1) is 29.5. The minimum Gasteiger partial charge on any atom is -0.475 e.